The van der Waals surface area contributed by atoms with Gasteiger partial charge >= 0.3 is 5.69 Å². The van der Waals surface area contributed by atoms with Gasteiger partial charge < -0.3 is 10.6 Å². The third-order valence-electron chi connectivity index (χ3n) is 1.76. The fourth-order valence-electron chi connectivity index (χ4n) is 1.14. The average molecular weight is 181 g/mol. The highest BCUT2D eigenvalue weighted by Gasteiger charge is 2.17. The molecule has 1 aromatic carbocycles. The first-order chi connectivity index (χ1) is 6.20. The lowest BCUT2D eigenvalue weighted by Crippen LogP contribution is -2.00. The van der Waals surface area contributed by atoms with Gasteiger partial charge in [-0.15, -0.1) is 0 Å². The highest BCUT2D eigenvalue weighted by atomic mass is 16.6. The number of nitrogens with zero attached hydrogens (tertiary/aromatic N) is 1. The lowest BCUT2D eigenvalue weighted by Gasteiger charge is -2.05. The Bertz CT molecular complexity index is 303. The van der Waals surface area contributed by atoms with E-state index in [1.54, 1.807) is 32.3 Å². The summed E-state index contributed by atoms with van der Waals surface area (Å²) in [6, 6.07) is 5.09. The molecule has 0 aliphatic heterocycles. The van der Waals surface area contributed by atoms with Gasteiger partial charge in [-0.25, -0.2) is 0 Å². The van der Waals surface area contributed by atoms with Crippen molar-refractivity contribution in [3.63, 3.8) is 0 Å². The van der Waals surface area contributed by atoms with Crippen molar-refractivity contribution in [1.29, 1.82) is 0 Å². The Morgan fingerprint density at radius 3 is 2.00 bits per heavy atom. The summed E-state index contributed by atoms with van der Waals surface area (Å²) in [5, 5.41) is 16.2. The van der Waals surface area contributed by atoms with Crippen LogP contribution in [0.15, 0.2) is 18.2 Å². The molecule has 2 N–H and O–H groups in total. The van der Waals surface area contributed by atoms with Crippen molar-refractivity contribution < 1.29 is 4.92 Å². The van der Waals surface area contributed by atoms with Crippen LogP contribution in [0, 0.1) is 10.1 Å². The predicted octanol–water partition coefficient (Wildman–Crippen LogP) is 1.68. The molecule has 0 bridgehead atoms. The van der Waals surface area contributed by atoms with Crippen molar-refractivity contribution in [2.75, 3.05) is 24.7 Å². The third-order valence-corrected chi connectivity index (χ3v) is 1.76. The lowest BCUT2D eigenvalue weighted by molar-refractivity contribution is -0.383. The van der Waals surface area contributed by atoms with Gasteiger partial charge in [-0.05, 0) is 12.1 Å². The topological polar surface area (TPSA) is 67.2 Å². The molecule has 0 heterocycles. The molecule has 5 nitrogen and oxygen atoms in total. The molecule has 0 fully saturated rings. The Kier molecular flexibility index (Phi) is 2.69. The van der Waals surface area contributed by atoms with E-state index in [0.717, 1.165) is 0 Å². The van der Waals surface area contributed by atoms with E-state index in [4.69, 9.17) is 0 Å². The Morgan fingerprint density at radius 2 is 1.69 bits per heavy atom. The van der Waals surface area contributed by atoms with Crippen LogP contribution < -0.4 is 10.6 Å². The first kappa shape index (κ1) is 9.31. The van der Waals surface area contributed by atoms with Crippen molar-refractivity contribution >= 4 is 17.1 Å². The van der Waals surface area contributed by atoms with Gasteiger partial charge in [0.05, 0.1) is 4.92 Å². The molecular weight excluding hydrogens is 170 g/mol. The van der Waals surface area contributed by atoms with E-state index in [-0.39, 0.29) is 5.69 Å². The molecule has 0 unspecified atom stereocenters. The maximum atomic E-state index is 10.7. The van der Waals surface area contributed by atoms with Crippen molar-refractivity contribution in [3.05, 3.63) is 28.3 Å². The summed E-state index contributed by atoms with van der Waals surface area (Å²) in [6.07, 6.45) is 0. The van der Waals surface area contributed by atoms with Crippen molar-refractivity contribution in [2.45, 2.75) is 0 Å². The first-order valence-corrected chi connectivity index (χ1v) is 3.83. The maximum Gasteiger partial charge on any atom is 0.315 e. The van der Waals surface area contributed by atoms with Gasteiger partial charge in [-0.1, -0.05) is 6.07 Å². The number of nitro benzene ring substituents is 1. The number of para-hydroxylation sites is 1. The Balaban J connectivity index is 3.29. The summed E-state index contributed by atoms with van der Waals surface area (Å²) in [5.41, 5.74) is 1.10. The summed E-state index contributed by atoms with van der Waals surface area (Å²) in [7, 11) is 3.31. The fraction of sp³-hybridized carbons (Fsp3) is 0.250. The molecule has 0 radical (unpaired) electrons. The van der Waals surface area contributed by atoms with E-state index < -0.39 is 4.92 Å². The summed E-state index contributed by atoms with van der Waals surface area (Å²) >= 11 is 0. The zero-order valence-corrected chi connectivity index (χ0v) is 7.50. The normalized spacial score (nSPS) is 9.38. The predicted molar refractivity (Wildman–Crippen MR) is 52.2 cm³/mol. The van der Waals surface area contributed by atoms with Gasteiger partial charge in [0, 0.05) is 14.1 Å². The standard InChI is InChI=1S/C8H11N3O2/c1-9-6-4-3-5-7(10-2)8(6)11(12)13/h3-5,9-10H,1-2H3. The van der Waals surface area contributed by atoms with Gasteiger partial charge in [-0.3, -0.25) is 10.1 Å². The molecule has 0 aliphatic carbocycles. The smallest absolute Gasteiger partial charge is 0.315 e. The summed E-state index contributed by atoms with van der Waals surface area (Å²) in [5.74, 6) is 0. The monoisotopic (exact) mass is 181 g/mol. The number of rotatable bonds is 3. The van der Waals surface area contributed by atoms with Gasteiger partial charge in [0.1, 0.15) is 11.4 Å². The Hall–Kier alpha value is -1.78. The molecule has 0 saturated carbocycles. The van der Waals surface area contributed by atoms with Crippen LogP contribution in [-0.4, -0.2) is 19.0 Å². The van der Waals surface area contributed by atoms with Gasteiger partial charge in [-0.2, -0.15) is 0 Å². The zero-order chi connectivity index (χ0) is 9.84. The molecule has 0 saturated heterocycles. The molecule has 1 rings (SSSR count). The quantitative estimate of drug-likeness (QED) is 0.550. The zero-order valence-electron chi connectivity index (χ0n) is 7.50. The molecule has 0 spiro atoms. The molecule has 13 heavy (non-hydrogen) atoms. The molecule has 0 aliphatic rings. The molecule has 0 atom stereocenters. The number of hydrogen-bond acceptors (Lipinski definition) is 4. The van der Waals surface area contributed by atoms with Crippen LogP contribution in [0.2, 0.25) is 0 Å². The van der Waals surface area contributed by atoms with Gasteiger partial charge in [0.2, 0.25) is 0 Å². The molecular formula is C8H11N3O2. The number of anilines is 2. The van der Waals surface area contributed by atoms with Crippen LogP contribution in [-0.2, 0) is 0 Å². The van der Waals surface area contributed by atoms with Crippen LogP contribution in [0.3, 0.4) is 0 Å². The van der Waals surface area contributed by atoms with Crippen LogP contribution in [0.4, 0.5) is 17.1 Å². The van der Waals surface area contributed by atoms with Crippen LogP contribution in [0.5, 0.6) is 0 Å². The van der Waals surface area contributed by atoms with Crippen LogP contribution >= 0.6 is 0 Å². The first-order valence-electron chi connectivity index (χ1n) is 3.83. The van der Waals surface area contributed by atoms with Crippen molar-refractivity contribution in [3.8, 4) is 0 Å². The number of benzene rings is 1. The summed E-state index contributed by atoms with van der Waals surface area (Å²) < 4.78 is 0. The minimum Gasteiger partial charge on any atom is -0.382 e. The van der Waals surface area contributed by atoms with Crippen LogP contribution in [0.1, 0.15) is 0 Å². The van der Waals surface area contributed by atoms with Crippen molar-refractivity contribution in [1.82, 2.24) is 0 Å². The maximum absolute atomic E-state index is 10.7. The SMILES string of the molecule is CNc1cccc(NC)c1[N+](=O)[O-]. The van der Waals surface area contributed by atoms with E-state index in [1.807, 2.05) is 0 Å². The second kappa shape index (κ2) is 3.75. The third kappa shape index (κ3) is 1.69. The highest BCUT2D eigenvalue weighted by Crippen LogP contribution is 2.31. The fourth-order valence-corrected chi connectivity index (χ4v) is 1.14. The molecule has 5 heteroatoms. The Labute approximate surface area is 75.9 Å². The highest BCUT2D eigenvalue weighted by molar-refractivity contribution is 5.75. The van der Waals surface area contributed by atoms with E-state index in [9.17, 15) is 10.1 Å². The van der Waals surface area contributed by atoms with E-state index in [2.05, 4.69) is 10.6 Å². The molecule has 0 aromatic heterocycles. The van der Waals surface area contributed by atoms with E-state index in [1.165, 1.54) is 0 Å². The van der Waals surface area contributed by atoms with Gasteiger partial charge in [0.15, 0.2) is 0 Å². The summed E-state index contributed by atoms with van der Waals surface area (Å²) in [6.45, 7) is 0. The second-order valence-corrected chi connectivity index (χ2v) is 2.46. The number of nitrogens with one attached hydrogen (secondary N) is 2. The number of nitro groups is 1. The Morgan fingerprint density at radius 1 is 1.23 bits per heavy atom. The summed E-state index contributed by atoms with van der Waals surface area (Å²) in [4.78, 5) is 10.3. The van der Waals surface area contributed by atoms with Crippen molar-refractivity contribution in [2.24, 2.45) is 0 Å². The van der Waals surface area contributed by atoms with Gasteiger partial charge in [0.25, 0.3) is 0 Å². The molecule has 70 valence electrons. The number of hydrogen-bond donors (Lipinski definition) is 2. The molecule has 1 aromatic rings. The molecule has 0 amide bonds. The van der Waals surface area contributed by atoms with Crippen LogP contribution in [0.25, 0.3) is 0 Å². The lowest BCUT2D eigenvalue weighted by atomic mass is 10.2. The minimum absolute atomic E-state index is 0.0764. The average Bonchev–Trinajstić information content (AvgIpc) is 2.16. The largest absolute Gasteiger partial charge is 0.382 e. The van der Waals surface area contributed by atoms with E-state index >= 15 is 0 Å². The second-order valence-electron chi connectivity index (χ2n) is 2.46. The minimum atomic E-state index is -0.405. The van der Waals surface area contributed by atoms with E-state index in [0.29, 0.717) is 11.4 Å².